The first-order valence-electron chi connectivity index (χ1n) is 7.39. The first kappa shape index (κ1) is 16.2. The van der Waals surface area contributed by atoms with Gasteiger partial charge in [-0.05, 0) is 49.4 Å². The molecular weight excluding hydrogens is 281 g/mol. The summed E-state index contributed by atoms with van der Waals surface area (Å²) in [5.41, 5.74) is 1.84. The predicted octanol–water partition coefficient (Wildman–Crippen LogP) is 3.75. The van der Waals surface area contributed by atoms with Gasteiger partial charge in [0.1, 0.15) is 5.82 Å². The van der Waals surface area contributed by atoms with Crippen molar-refractivity contribution >= 4 is 6.08 Å². The number of nitrogens with one attached hydrogen (secondary N) is 1. The van der Waals surface area contributed by atoms with E-state index in [1.165, 1.54) is 12.1 Å². The smallest absolute Gasteiger partial charge is 0.247 e. The number of unbranched alkanes of at least 4 members (excludes halogenated alkanes) is 1. The van der Waals surface area contributed by atoms with Gasteiger partial charge in [0.2, 0.25) is 5.56 Å². The van der Waals surface area contributed by atoms with Gasteiger partial charge in [-0.25, -0.2) is 4.39 Å². The summed E-state index contributed by atoms with van der Waals surface area (Å²) in [4.78, 5) is 13.6. The molecule has 1 aromatic heterocycles. The van der Waals surface area contributed by atoms with Crippen LogP contribution < -0.4 is 5.56 Å². The van der Waals surface area contributed by atoms with Crippen LogP contribution in [-0.4, -0.2) is 16.2 Å². The Morgan fingerprint density at radius 1 is 1.27 bits per heavy atom. The standard InChI is InChI=1S/C18H20FNO2/c1-13(21)5-3-2-4-6-14-7-8-15(11-17(14)19)16-9-10-18(22)20-12-16/h4,6-13,21H,2-3,5H2,1H3,(H,20,22)/b6-4+. The first-order chi connectivity index (χ1) is 10.6. The molecule has 1 aromatic carbocycles. The monoisotopic (exact) mass is 301 g/mol. The fourth-order valence-corrected chi connectivity index (χ4v) is 2.17. The van der Waals surface area contributed by atoms with Crippen LogP contribution in [0.25, 0.3) is 17.2 Å². The fourth-order valence-electron chi connectivity index (χ4n) is 2.17. The first-order valence-corrected chi connectivity index (χ1v) is 7.39. The lowest BCUT2D eigenvalue weighted by Crippen LogP contribution is -2.01. The van der Waals surface area contributed by atoms with Gasteiger partial charge in [-0.15, -0.1) is 0 Å². The summed E-state index contributed by atoms with van der Waals surface area (Å²) in [6, 6.07) is 8.10. The second-order valence-electron chi connectivity index (χ2n) is 5.36. The molecule has 0 spiro atoms. The van der Waals surface area contributed by atoms with E-state index in [2.05, 4.69) is 4.98 Å². The molecule has 0 saturated carbocycles. The van der Waals surface area contributed by atoms with E-state index in [4.69, 9.17) is 5.11 Å². The number of aliphatic hydroxyl groups is 1. The molecule has 116 valence electrons. The molecule has 0 radical (unpaired) electrons. The lowest BCUT2D eigenvalue weighted by atomic mass is 10.0. The molecule has 0 saturated heterocycles. The van der Waals surface area contributed by atoms with Gasteiger partial charge in [0.05, 0.1) is 6.10 Å². The van der Waals surface area contributed by atoms with Crippen LogP contribution in [0.4, 0.5) is 4.39 Å². The zero-order valence-electron chi connectivity index (χ0n) is 12.6. The second kappa shape index (κ2) is 7.71. The van der Waals surface area contributed by atoms with E-state index in [9.17, 15) is 9.18 Å². The third-order valence-corrected chi connectivity index (χ3v) is 3.41. The van der Waals surface area contributed by atoms with Crippen molar-refractivity contribution in [2.24, 2.45) is 0 Å². The number of aliphatic hydroxyl groups excluding tert-OH is 1. The van der Waals surface area contributed by atoms with Gasteiger partial charge in [0, 0.05) is 17.8 Å². The molecule has 1 unspecified atom stereocenters. The molecule has 4 heteroatoms. The normalized spacial score (nSPS) is 12.7. The third kappa shape index (κ3) is 4.67. The lowest BCUT2D eigenvalue weighted by molar-refractivity contribution is 0.182. The van der Waals surface area contributed by atoms with Crippen LogP contribution >= 0.6 is 0 Å². The highest BCUT2D eigenvalue weighted by Gasteiger charge is 2.03. The average Bonchev–Trinajstić information content (AvgIpc) is 2.49. The van der Waals surface area contributed by atoms with Crippen molar-refractivity contribution in [3.05, 3.63) is 64.3 Å². The summed E-state index contributed by atoms with van der Waals surface area (Å²) in [6.07, 6.45) is 7.40. The number of pyridine rings is 1. The number of H-pyrrole nitrogens is 1. The molecule has 0 aliphatic heterocycles. The summed E-state index contributed by atoms with van der Waals surface area (Å²) < 4.78 is 14.1. The highest BCUT2D eigenvalue weighted by Crippen LogP contribution is 2.21. The molecule has 0 fully saturated rings. The van der Waals surface area contributed by atoms with E-state index in [1.807, 2.05) is 12.1 Å². The molecule has 0 bridgehead atoms. The van der Waals surface area contributed by atoms with E-state index in [0.29, 0.717) is 5.56 Å². The molecule has 3 nitrogen and oxygen atoms in total. The van der Waals surface area contributed by atoms with E-state index >= 15 is 0 Å². The zero-order valence-corrected chi connectivity index (χ0v) is 12.6. The Morgan fingerprint density at radius 2 is 2.05 bits per heavy atom. The maximum absolute atomic E-state index is 14.1. The average molecular weight is 301 g/mol. The number of hydrogen-bond donors (Lipinski definition) is 2. The van der Waals surface area contributed by atoms with Gasteiger partial charge in [-0.3, -0.25) is 4.79 Å². The molecule has 0 aliphatic rings. The Morgan fingerprint density at radius 3 is 2.68 bits per heavy atom. The van der Waals surface area contributed by atoms with Crippen LogP contribution in [0.15, 0.2) is 47.4 Å². The molecule has 2 aromatic rings. The van der Waals surface area contributed by atoms with Crippen molar-refractivity contribution < 1.29 is 9.50 Å². The highest BCUT2D eigenvalue weighted by molar-refractivity contribution is 5.65. The molecule has 22 heavy (non-hydrogen) atoms. The Labute approximate surface area is 129 Å². The van der Waals surface area contributed by atoms with Gasteiger partial charge in [0.25, 0.3) is 0 Å². The Hall–Kier alpha value is -2.20. The number of rotatable bonds is 6. The minimum Gasteiger partial charge on any atom is -0.393 e. The minimum atomic E-state index is -0.296. The lowest BCUT2D eigenvalue weighted by Gasteiger charge is -2.04. The van der Waals surface area contributed by atoms with Gasteiger partial charge in [0.15, 0.2) is 0 Å². The highest BCUT2D eigenvalue weighted by atomic mass is 19.1. The number of halogens is 1. The molecule has 0 aliphatic carbocycles. The van der Waals surface area contributed by atoms with Crippen LogP contribution in [0, 0.1) is 5.82 Å². The third-order valence-electron chi connectivity index (χ3n) is 3.41. The SMILES string of the molecule is CC(O)CCC/C=C/c1ccc(-c2ccc(=O)[nH]c2)cc1F. The van der Waals surface area contributed by atoms with Crippen molar-refractivity contribution in [2.45, 2.75) is 32.3 Å². The van der Waals surface area contributed by atoms with Crippen LogP contribution in [0.3, 0.4) is 0 Å². The van der Waals surface area contributed by atoms with Gasteiger partial charge >= 0.3 is 0 Å². The topological polar surface area (TPSA) is 53.1 Å². The van der Waals surface area contributed by atoms with Crippen molar-refractivity contribution in [3.8, 4) is 11.1 Å². The second-order valence-corrected chi connectivity index (χ2v) is 5.36. The van der Waals surface area contributed by atoms with E-state index < -0.39 is 0 Å². The summed E-state index contributed by atoms with van der Waals surface area (Å²) in [7, 11) is 0. The largest absolute Gasteiger partial charge is 0.393 e. The summed E-state index contributed by atoms with van der Waals surface area (Å²) >= 11 is 0. The van der Waals surface area contributed by atoms with Gasteiger partial charge in [-0.2, -0.15) is 0 Å². The molecule has 1 atom stereocenters. The maximum Gasteiger partial charge on any atom is 0.247 e. The Balaban J connectivity index is 2.05. The molecule has 0 amide bonds. The maximum atomic E-state index is 14.1. The Bertz CT molecular complexity index is 684. The van der Waals surface area contributed by atoms with Crippen LogP contribution in [0.2, 0.25) is 0 Å². The molecular formula is C18H20FNO2. The summed E-state index contributed by atoms with van der Waals surface area (Å²) in [5.74, 6) is -0.296. The summed E-state index contributed by atoms with van der Waals surface area (Å²) in [5, 5.41) is 9.16. The van der Waals surface area contributed by atoms with Crippen molar-refractivity contribution in [2.75, 3.05) is 0 Å². The number of aromatic nitrogens is 1. The van der Waals surface area contributed by atoms with Gasteiger partial charge < -0.3 is 10.1 Å². The summed E-state index contributed by atoms with van der Waals surface area (Å²) in [6.45, 7) is 1.76. The van der Waals surface area contributed by atoms with Crippen molar-refractivity contribution in [3.63, 3.8) is 0 Å². The molecule has 2 N–H and O–H groups in total. The molecule has 1 heterocycles. The van der Waals surface area contributed by atoms with E-state index in [-0.39, 0.29) is 17.5 Å². The van der Waals surface area contributed by atoms with E-state index in [1.54, 1.807) is 31.3 Å². The number of aromatic amines is 1. The van der Waals surface area contributed by atoms with Gasteiger partial charge in [-0.1, -0.05) is 24.3 Å². The fraction of sp³-hybridized carbons (Fsp3) is 0.278. The van der Waals surface area contributed by atoms with Crippen LogP contribution in [-0.2, 0) is 0 Å². The predicted molar refractivity (Wildman–Crippen MR) is 87.0 cm³/mol. The quantitative estimate of drug-likeness (QED) is 0.798. The zero-order chi connectivity index (χ0) is 15.9. The van der Waals surface area contributed by atoms with E-state index in [0.717, 1.165) is 30.4 Å². The molecule has 2 rings (SSSR count). The van der Waals surface area contributed by atoms with Crippen molar-refractivity contribution in [1.82, 2.24) is 4.98 Å². The number of hydrogen-bond acceptors (Lipinski definition) is 2. The Kier molecular flexibility index (Phi) is 5.67. The minimum absolute atomic E-state index is 0.180. The number of benzene rings is 1. The van der Waals surface area contributed by atoms with Crippen LogP contribution in [0.1, 0.15) is 31.7 Å². The number of allylic oxidation sites excluding steroid dienone is 1. The van der Waals surface area contributed by atoms with Crippen LogP contribution in [0.5, 0.6) is 0 Å². The van der Waals surface area contributed by atoms with Crippen molar-refractivity contribution in [1.29, 1.82) is 0 Å².